The molecule has 2 heteroatoms. The summed E-state index contributed by atoms with van der Waals surface area (Å²) in [6, 6.07) is 8.28. The molecule has 2 aromatic rings. The van der Waals surface area contributed by atoms with Gasteiger partial charge in [0.15, 0.2) is 0 Å². The molecule has 0 spiro atoms. The van der Waals surface area contributed by atoms with Crippen LogP contribution < -0.4 is 0 Å². The monoisotopic (exact) mass is 265 g/mol. The Morgan fingerprint density at radius 1 is 1.10 bits per heavy atom. The Morgan fingerprint density at radius 3 is 2.70 bits per heavy atom. The molecule has 1 N–H and O–H groups in total. The number of rotatable bonds is 2. The van der Waals surface area contributed by atoms with Gasteiger partial charge in [-0.25, -0.2) is 0 Å². The molecule has 2 nitrogen and oxygen atoms in total. The third kappa shape index (κ3) is 1.35. The molecule has 102 valence electrons. The second kappa shape index (κ2) is 3.82. The molecular formula is C18H19NO. The second-order valence-electron chi connectivity index (χ2n) is 6.95. The van der Waals surface area contributed by atoms with Crippen LogP contribution in [0.3, 0.4) is 0 Å². The number of fused-ring (bicyclic) bond motifs is 6. The number of aliphatic hydroxyl groups excluding tert-OH is 1. The van der Waals surface area contributed by atoms with Crippen LogP contribution in [0.2, 0.25) is 0 Å². The lowest BCUT2D eigenvalue weighted by molar-refractivity contribution is 0.131. The lowest BCUT2D eigenvalue weighted by Gasteiger charge is -2.17. The Kier molecular flexibility index (Phi) is 2.15. The van der Waals surface area contributed by atoms with Crippen molar-refractivity contribution in [2.24, 2.45) is 29.6 Å². The van der Waals surface area contributed by atoms with Gasteiger partial charge < -0.3 is 5.11 Å². The number of aromatic nitrogens is 1. The molecule has 5 rings (SSSR count). The average Bonchev–Trinajstić information content (AvgIpc) is 2.93. The van der Waals surface area contributed by atoms with Crippen LogP contribution >= 0.6 is 0 Å². The summed E-state index contributed by atoms with van der Waals surface area (Å²) < 4.78 is 0. The maximum absolute atomic E-state index is 10.9. The van der Waals surface area contributed by atoms with E-state index in [1.165, 1.54) is 24.6 Å². The van der Waals surface area contributed by atoms with Crippen LogP contribution in [0.5, 0.6) is 0 Å². The van der Waals surface area contributed by atoms with Gasteiger partial charge >= 0.3 is 0 Å². The highest BCUT2D eigenvalue weighted by molar-refractivity contribution is 5.85. The summed E-state index contributed by atoms with van der Waals surface area (Å²) in [5, 5.41) is 13.2. The Hall–Kier alpha value is -1.41. The van der Waals surface area contributed by atoms with Crippen molar-refractivity contribution in [1.29, 1.82) is 0 Å². The van der Waals surface area contributed by atoms with Gasteiger partial charge in [0.1, 0.15) is 0 Å². The third-order valence-corrected chi connectivity index (χ3v) is 6.20. The van der Waals surface area contributed by atoms with Crippen molar-refractivity contribution in [2.45, 2.75) is 25.4 Å². The van der Waals surface area contributed by atoms with Crippen molar-refractivity contribution in [2.75, 3.05) is 0 Å². The molecule has 1 aromatic heterocycles. The van der Waals surface area contributed by atoms with Crippen molar-refractivity contribution in [3.8, 4) is 0 Å². The molecule has 0 saturated heterocycles. The van der Waals surface area contributed by atoms with Gasteiger partial charge in [-0.15, -0.1) is 0 Å². The van der Waals surface area contributed by atoms with Crippen LogP contribution in [0.4, 0.5) is 0 Å². The van der Waals surface area contributed by atoms with Gasteiger partial charge in [0.25, 0.3) is 0 Å². The normalized spacial score (nSPS) is 39.0. The molecule has 1 heterocycles. The molecule has 3 saturated carbocycles. The van der Waals surface area contributed by atoms with E-state index in [-0.39, 0.29) is 6.10 Å². The fraction of sp³-hybridized carbons (Fsp3) is 0.500. The number of hydrogen-bond acceptors (Lipinski definition) is 2. The molecule has 1 aromatic carbocycles. The highest BCUT2D eigenvalue weighted by atomic mass is 16.3. The Balaban J connectivity index is 1.53. The van der Waals surface area contributed by atoms with Crippen LogP contribution in [0.1, 0.15) is 30.9 Å². The number of benzene rings is 1. The van der Waals surface area contributed by atoms with E-state index in [1.807, 2.05) is 18.5 Å². The summed E-state index contributed by atoms with van der Waals surface area (Å²) >= 11 is 0. The van der Waals surface area contributed by atoms with Crippen molar-refractivity contribution < 1.29 is 5.11 Å². The van der Waals surface area contributed by atoms with Gasteiger partial charge in [0.05, 0.1) is 6.10 Å². The van der Waals surface area contributed by atoms with Crippen molar-refractivity contribution in [1.82, 2.24) is 4.98 Å². The zero-order chi connectivity index (χ0) is 13.3. The van der Waals surface area contributed by atoms with Crippen LogP contribution in [-0.2, 0) is 0 Å². The predicted molar refractivity (Wildman–Crippen MR) is 78.0 cm³/mol. The van der Waals surface area contributed by atoms with Crippen molar-refractivity contribution >= 4 is 10.8 Å². The lowest BCUT2D eigenvalue weighted by Crippen LogP contribution is -2.08. The van der Waals surface area contributed by atoms with Gasteiger partial charge in [-0.2, -0.15) is 0 Å². The van der Waals surface area contributed by atoms with E-state index in [0.29, 0.717) is 5.92 Å². The van der Waals surface area contributed by atoms with Crippen LogP contribution in [-0.4, -0.2) is 10.1 Å². The summed E-state index contributed by atoms with van der Waals surface area (Å²) in [5.41, 5.74) is 1.09. The highest BCUT2D eigenvalue weighted by Crippen LogP contribution is 2.72. The van der Waals surface area contributed by atoms with Gasteiger partial charge in [-0.05, 0) is 65.9 Å². The summed E-state index contributed by atoms with van der Waals surface area (Å²) in [6.07, 6.45) is 7.69. The Bertz CT molecular complexity index is 661. The van der Waals surface area contributed by atoms with E-state index in [9.17, 15) is 5.11 Å². The molecular weight excluding hydrogens is 246 g/mol. The smallest absolute Gasteiger partial charge is 0.0830 e. The Labute approximate surface area is 118 Å². The zero-order valence-electron chi connectivity index (χ0n) is 11.4. The fourth-order valence-corrected chi connectivity index (χ4v) is 5.42. The summed E-state index contributed by atoms with van der Waals surface area (Å²) in [4.78, 5) is 4.24. The van der Waals surface area contributed by atoms with E-state index in [0.717, 1.165) is 34.6 Å². The van der Waals surface area contributed by atoms with Crippen LogP contribution in [0.25, 0.3) is 10.8 Å². The van der Waals surface area contributed by atoms with E-state index in [1.54, 1.807) is 0 Å². The first-order valence-electron chi connectivity index (χ1n) is 7.85. The van der Waals surface area contributed by atoms with E-state index >= 15 is 0 Å². The predicted octanol–water partition coefficient (Wildman–Crippen LogP) is 3.56. The minimum Gasteiger partial charge on any atom is -0.388 e. The van der Waals surface area contributed by atoms with Crippen LogP contribution in [0, 0.1) is 29.6 Å². The summed E-state index contributed by atoms with van der Waals surface area (Å²) in [5.74, 6) is 3.98. The third-order valence-electron chi connectivity index (χ3n) is 6.20. The summed E-state index contributed by atoms with van der Waals surface area (Å²) in [6.45, 7) is 0. The van der Waals surface area contributed by atoms with Crippen molar-refractivity contribution in [3.63, 3.8) is 0 Å². The lowest BCUT2D eigenvalue weighted by atomic mass is 9.93. The molecule has 2 bridgehead atoms. The molecule has 3 aliphatic rings. The fourth-order valence-electron chi connectivity index (χ4n) is 5.42. The minimum absolute atomic E-state index is 0.290. The maximum atomic E-state index is 10.9. The van der Waals surface area contributed by atoms with Gasteiger partial charge in [0, 0.05) is 17.8 Å². The van der Waals surface area contributed by atoms with Gasteiger partial charge in [-0.3, -0.25) is 4.98 Å². The topological polar surface area (TPSA) is 33.1 Å². The summed E-state index contributed by atoms with van der Waals surface area (Å²) in [7, 11) is 0. The molecule has 5 unspecified atom stereocenters. The average molecular weight is 265 g/mol. The first-order chi connectivity index (χ1) is 9.84. The quantitative estimate of drug-likeness (QED) is 0.900. The number of aliphatic hydroxyl groups is 1. The first kappa shape index (κ1) is 11.3. The first-order valence-corrected chi connectivity index (χ1v) is 7.85. The van der Waals surface area contributed by atoms with Gasteiger partial charge in [-0.1, -0.05) is 18.2 Å². The second-order valence-corrected chi connectivity index (χ2v) is 6.95. The molecule has 3 aliphatic carbocycles. The van der Waals surface area contributed by atoms with E-state index in [4.69, 9.17) is 0 Å². The van der Waals surface area contributed by atoms with Crippen molar-refractivity contribution in [3.05, 3.63) is 42.2 Å². The Morgan fingerprint density at radius 2 is 1.90 bits per heavy atom. The zero-order valence-corrected chi connectivity index (χ0v) is 11.4. The molecule has 5 atom stereocenters. The number of nitrogens with zero attached hydrogens (tertiary/aromatic N) is 1. The molecule has 3 fully saturated rings. The number of hydrogen-bond donors (Lipinski definition) is 1. The SMILES string of the molecule is OC(c1cccc2ccncc12)C1C2C3CCC(C3)C21. The largest absolute Gasteiger partial charge is 0.388 e. The molecule has 20 heavy (non-hydrogen) atoms. The molecule has 0 radical (unpaired) electrons. The van der Waals surface area contributed by atoms with E-state index in [2.05, 4.69) is 23.2 Å². The van der Waals surface area contributed by atoms with Gasteiger partial charge in [0.2, 0.25) is 0 Å². The standard InChI is InChI=1S/C18H19NO/c20-18(17-15-11-4-5-12(8-11)16(15)17)13-3-1-2-10-6-7-19-9-14(10)13/h1-3,6-7,9,11-12,15-18,20H,4-5,8H2. The molecule has 0 amide bonds. The minimum atomic E-state index is -0.290. The highest BCUT2D eigenvalue weighted by Gasteiger charge is 2.66. The maximum Gasteiger partial charge on any atom is 0.0830 e. The van der Waals surface area contributed by atoms with Crippen LogP contribution in [0.15, 0.2) is 36.7 Å². The number of pyridine rings is 1. The van der Waals surface area contributed by atoms with E-state index < -0.39 is 0 Å². The molecule has 0 aliphatic heterocycles.